The van der Waals surface area contributed by atoms with Gasteiger partial charge in [0.25, 0.3) is 5.91 Å². The Morgan fingerprint density at radius 1 is 1.26 bits per heavy atom. The first-order valence-electron chi connectivity index (χ1n) is 7.00. The van der Waals surface area contributed by atoms with E-state index in [1.54, 1.807) is 37.3 Å². The van der Waals surface area contributed by atoms with Crippen molar-refractivity contribution < 1.29 is 18.7 Å². The van der Waals surface area contributed by atoms with Gasteiger partial charge >= 0.3 is 0 Å². The predicted molar refractivity (Wildman–Crippen MR) is 86.5 cm³/mol. The third-order valence-corrected chi connectivity index (χ3v) is 3.49. The number of carbonyl (C=O) groups is 1. The number of rotatable bonds is 6. The number of methoxy groups -OCH3 is 1. The van der Waals surface area contributed by atoms with E-state index < -0.39 is 5.82 Å². The second-order valence-electron chi connectivity index (χ2n) is 4.93. The minimum Gasteiger partial charge on any atom is -0.494 e. The zero-order valence-corrected chi connectivity index (χ0v) is 13.6. The molecular formula is C17H17ClFNO3. The Balaban J connectivity index is 1.89. The topological polar surface area (TPSA) is 47.6 Å². The lowest BCUT2D eigenvalue weighted by atomic mass is 10.1. The largest absolute Gasteiger partial charge is 0.494 e. The van der Waals surface area contributed by atoms with Crippen molar-refractivity contribution in [3.63, 3.8) is 0 Å². The molecule has 0 aliphatic rings. The molecule has 122 valence electrons. The maximum Gasteiger partial charge on any atom is 0.258 e. The van der Waals surface area contributed by atoms with Crippen LogP contribution in [0.5, 0.6) is 11.5 Å². The number of carbonyl (C=O) groups excluding carboxylic acids is 1. The molecule has 1 amide bonds. The molecule has 2 rings (SSSR count). The van der Waals surface area contributed by atoms with E-state index in [4.69, 9.17) is 21.1 Å². The summed E-state index contributed by atoms with van der Waals surface area (Å²) in [5.74, 6) is -0.0572. The Bertz CT molecular complexity index is 676. The molecule has 1 unspecified atom stereocenters. The van der Waals surface area contributed by atoms with E-state index in [0.717, 1.165) is 0 Å². The normalized spacial score (nSPS) is 11.7. The first-order chi connectivity index (χ1) is 11.0. The van der Waals surface area contributed by atoms with Crippen LogP contribution in [-0.2, 0) is 4.79 Å². The molecule has 0 bridgehead atoms. The standard InChI is InChI=1S/C17H17ClFNO3/c1-11(12-3-8-16(22-2)15(19)9-12)20-17(21)10-23-14-6-4-13(18)5-7-14/h3-9,11H,10H2,1-2H3,(H,20,21). The number of ether oxygens (including phenoxy) is 2. The fourth-order valence-electron chi connectivity index (χ4n) is 2.00. The van der Waals surface area contributed by atoms with Gasteiger partial charge in [-0.1, -0.05) is 17.7 Å². The smallest absolute Gasteiger partial charge is 0.258 e. The first kappa shape index (κ1) is 17.1. The molecule has 23 heavy (non-hydrogen) atoms. The molecule has 0 aliphatic carbocycles. The highest BCUT2D eigenvalue weighted by Gasteiger charge is 2.12. The fourth-order valence-corrected chi connectivity index (χ4v) is 2.12. The highest BCUT2D eigenvalue weighted by atomic mass is 35.5. The Morgan fingerprint density at radius 2 is 1.96 bits per heavy atom. The van der Waals surface area contributed by atoms with Gasteiger partial charge in [-0.05, 0) is 48.9 Å². The Hall–Kier alpha value is -2.27. The summed E-state index contributed by atoms with van der Waals surface area (Å²) in [5, 5.41) is 3.34. The summed E-state index contributed by atoms with van der Waals surface area (Å²) in [6, 6.07) is 10.9. The van der Waals surface area contributed by atoms with E-state index >= 15 is 0 Å². The quantitative estimate of drug-likeness (QED) is 0.873. The zero-order chi connectivity index (χ0) is 16.8. The second-order valence-corrected chi connectivity index (χ2v) is 5.36. The predicted octanol–water partition coefficient (Wildman–Crippen LogP) is 3.74. The number of nitrogens with one attached hydrogen (secondary N) is 1. The lowest BCUT2D eigenvalue weighted by Crippen LogP contribution is -2.31. The Kier molecular flexibility index (Phi) is 5.82. The number of halogens is 2. The van der Waals surface area contributed by atoms with Crippen LogP contribution in [0, 0.1) is 5.82 Å². The summed E-state index contributed by atoms with van der Waals surface area (Å²) in [6.45, 7) is 1.63. The van der Waals surface area contributed by atoms with Crippen LogP contribution < -0.4 is 14.8 Å². The molecule has 0 radical (unpaired) electrons. The van der Waals surface area contributed by atoms with E-state index in [1.165, 1.54) is 19.2 Å². The van der Waals surface area contributed by atoms with Crippen LogP contribution in [0.4, 0.5) is 4.39 Å². The van der Waals surface area contributed by atoms with Gasteiger partial charge < -0.3 is 14.8 Å². The SMILES string of the molecule is COc1ccc(C(C)NC(=O)COc2ccc(Cl)cc2)cc1F. The third-order valence-electron chi connectivity index (χ3n) is 3.24. The highest BCUT2D eigenvalue weighted by Crippen LogP contribution is 2.21. The summed E-state index contributed by atoms with van der Waals surface area (Å²) in [6.07, 6.45) is 0. The Morgan fingerprint density at radius 3 is 2.57 bits per heavy atom. The highest BCUT2D eigenvalue weighted by molar-refractivity contribution is 6.30. The average molecular weight is 338 g/mol. The van der Waals surface area contributed by atoms with Crippen molar-refractivity contribution in [2.75, 3.05) is 13.7 Å². The van der Waals surface area contributed by atoms with Crippen LogP contribution in [-0.4, -0.2) is 19.6 Å². The fraction of sp³-hybridized carbons (Fsp3) is 0.235. The molecule has 0 heterocycles. The molecule has 1 N–H and O–H groups in total. The van der Waals surface area contributed by atoms with Gasteiger partial charge in [0, 0.05) is 5.02 Å². The summed E-state index contributed by atoms with van der Waals surface area (Å²) in [5.41, 5.74) is 0.642. The van der Waals surface area contributed by atoms with E-state index in [1.807, 2.05) is 0 Å². The summed E-state index contributed by atoms with van der Waals surface area (Å²) in [4.78, 5) is 11.9. The average Bonchev–Trinajstić information content (AvgIpc) is 2.54. The van der Waals surface area contributed by atoms with E-state index in [2.05, 4.69) is 5.32 Å². The number of hydrogen-bond acceptors (Lipinski definition) is 3. The van der Waals surface area contributed by atoms with Crippen molar-refractivity contribution in [2.45, 2.75) is 13.0 Å². The molecule has 0 aromatic heterocycles. The maximum atomic E-state index is 13.7. The molecule has 2 aromatic rings. The molecule has 6 heteroatoms. The molecule has 0 fully saturated rings. The van der Waals surface area contributed by atoms with Gasteiger partial charge in [0.1, 0.15) is 5.75 Å². The van der Waals surface area contributed by atoms with Crippen LogP contribution in [0.25, 0.3) is 0 Å². The van der Waals surface area contributed by atoms with Crippen molar-refractivity contribution in [2.24, 2.45) is 0 Å². The van der Waals surface area contributed by atoms with Gasteiger partial charge in [-0.2, -0.15) is 0 Å². The maximum absolute atomic E-state index is 13.7. The molecule has 0 saturated carbocycles. The van der Waals surface area contributed by atoms with Gasteiger partial charge in [-0.3, -0.25) is 4.79 Å². The van der Waals surface area contributed by atoms with Crippen LogP contribution in [0.15, 0.2) is 42.5 Å². The number of hydrogen-bond donors (Lipinski definition) is 1. The molecular weight excluding hydrogens is 321 g/mol. The Labute approximate surface area is 139 Å². The van der Waals surface area contributed by atoms with Gasteiger partial charge in [0.2, 0.25) is 0 Å². The number of benzene rings is 2. The summed E-state index contributed by atoms with van der Waals surface area (Å²) in [7, 11) is 1.40. The van der Waals surface area contributed by atoms with Crippen molar-refractivity contribution in [1.82, 2.24) is 5.32 Å². The van der Waals surface area contributed by atoms with Crippen LogP contribution in [0.3, 0.4) is 0 Å². The van der Waals surface area contributed by atoms with Crippen molar-refractivity contribution in [1.29, 1.82) is 0 Å². The molecule has 4 nitrogen and oxygen atoms in total. The minimum atomic E-state index is -0.469. The van der Waals surface area contributed by atoms with Gasteiger partial charge in [0.05, 0.1) is 13.2 Å². The summed E-state index contributed by atoms with van der Waals surface area (Å²) < 4.78 is 23.9. The first-order valence-corrected chi connectivity index (χ1v) is 7.38. The lowest BCUT2D eigenvalue weighted by molar-refractivity contribution is -0.123. The van der Waals surface area contributed by atoms with Gasteiger partial charge in [0.15, 0.2) is 18.2 Å². The molecule has 2 aromatic carbocycles. The van der Waals surface area contributed by atoms with Crippen LogP contribution in [0.1, 0.15) is 18.5 Å². The second kappa shape index (κ2) is 7.83. The van der Waals surface area contributed by atoms with E-state index in [0.29, 0.717) is 16.3 Å². The van der Waals surface area contributed by atoms with Crippen molar-refractivity contribution >= 4 is 17.5 Å². The minimum absolute atomic E-state index is 0.134. The molecule has 1 atom stereocenters. The van der Waals surface area contributed by atoms with Crippen LogP contribution in [0.2, 0.25) is 5.02 Å². The van der Waals surface area contributed by atoms with E-state index in [-0.39, 0.29) is 24.3 Å². The lowest BCUT2D eigenvalue weighted by Gasteiger charge is -2.15. The summed E-state index contributed by atoms with van der Waals surface area (Å²) >= 11 is 5.77. The molecule has 0 spiro atoms. The number of amides is 1. The van der Waals surface area contributed by atoms with Crippen molar-refractivity contribution in [3.05, 3.63) is 58.9 Å². The molecule has 0 aliphatic heterocycles. The zero-order valence-electron chi connectivity index (χ0n) is 12.8. The van der Waals surface area contributed by atoms with Crippen molar-refractivity contribution in [3.8, 4) is 11.5 Å². The van der Waals surface area contributed by atoms with E-state index in [9.17, 15) is 9.18 Å². The third kappa shape index (κ3) is 4.86. The molecule has 0 saturated heterocycles. The van der Waals surface area contributed by atoms with Crippen LogP contribution >= 0.6 is 11.6 Å². The van der Waals surface area contributed by atoms with Gasteiger partial charge in [-0.25, -0.2) is 4.39 Å². The van der Waals surface area contributed by atoms with Gasteiger partial charge in [-0.15, -0.1) is 0 Å². The monoisotopic (exact) mass is 337 g/mol.